The van der Waals surface area contributed by atoms with Gasteiger partial charge in [0.1, 0.15) is 30.9 Å². The molecule has 41 heavy (non-hydrogen) atoms. The third kappa shape index (κ3) is 8.03. The molecule has 0 bridgehead atoms. The molecule has 1 aromatic rings. The lowest BCUT2D eigenvalue weighted by molar-refractivity contribution is -0.182. The lowest BCUT2D eigenvalue weighted by Crippen LogP contribution is -2.82. The predicted molar refractivity (Wildman–Crippen MR) is 157 cm³/mol. The van der Waals surface area contributed by atoms with Gasteiger partial charge in [-0.1, -0.05) is 87.8 Å². The van der Waals surface area contributed by atoms with Crippen LogP contribution in [0.5, 0.6) is 0 Å². The number of β-lactam (4-membered cyclic amide) rings is 1. The summed E-state index contributed by atoms with van der Waals surface area (Å²) >= 11 is 36.3. The smallest absolute Gasteiger partial charge is 0.355 e. The molecule has 3 rings (SSSR count). The zero-order chi connectivity index (χ0) is 30.8. The van der Waals surface area contributed by atoms with Crippen LogP contribution in [0.1, 0.15) is 13.8 Å². The summed E-state index contributed by atoms with van der Waals surface area (Å²) < 4.78 is 12.4. The molecule has 0 spiro atoms. The second-order valence-corrected chi connectivity index (χ2v) is 15.6. The molecule has 2 heterocycles. The zero-order valence-corrected chi connectivity index (χ0v) is 27.2. The molecule has 0 unspecified atom stereocenters. The Labute approximate surface area is 273 Å². The van der Waals surface area contributed by atoms with Crippen molar-refractivity contribution < 1.29 is 38.2 Å². The van der Waals surface area contributed by atoms with E-state index in [0.29, 0.717) is 4.90 Å². The molecule has 224 valence electrons. The van der Waals surface area contributed by atoms with Gasteiger partial charge in [0, 0.05) is 30.1 Å². The first-order chi connectivity index (χ1) is 19.0. The van der Waals surface area contributed by atoms with E-state index >= 15 is 0 Å². The van der Waals surface area contributed by atoms with Gasteiger partial charge < -0.3 is 14.2 Å². The monoisotopic (exact) mass is 726 g/mol. The van der Waals surface area contributed by atoms with Crippen molar-refractivity contribution in [2.24, 2.45) is 0 Å². The van der Waals surface area contributed by atoms with Crippen LogP contribution in [0.4, 0.5) is 0 Å². The van der Waals surface area contributed by atoms with Crippen molar-refractivity contribution in [3.8, 4) is 0 Å². The summed E-state index contributed by atoms with van der Waals surface area (Å²) in [4.78, 5) is 67.0. The van der Waals surface area contributed by atoms with Crippen LogP contribution >= 0.6 is 93.3 Å². The molecule has 1 aromatic carbocycles. The fourth-order valence-corrected chi connectivity index (χ4v) is 6.67. The Bertz CT molecular complexity index is 1260. The van der Waals surface area contributed by atoms with Gasteiger partial charge in [0.25, 0.3) is 11.4 Å². The molecule has 0 aromatic heterocycles. The molecule has 0 saturated carbocycles. The van der Waals surface area contributed by atoms with E-state index in [2.05, 4.69) is 0 Å². The number of esters is 3. The number of ether oxygens (including phenoxy) is 3. The molecule has 18 heteroatoms. The zero-order valence-electron chi connectivity index (χ0n) is 21.0. The van der Waals surface area contributed by atoms with Gasteiger partial charge in [-0.15, -0.1) is 11.8 Å². The van der Waals surface area contributed by atoms with Crippen molar-refractivity contribution in [3.63, 3.8) is 0 Å². The summed E-state index contributed by atoms with van der Waals surface area (Å²) in [6.07, 6.45) is 0. The molecule has 0 N–H and O–H groups in total. The summed E-state index contributed by atoms with van der Waals surface area (Å²) in [7, 11) is 0. The molecule has 1 fully saturated rings. The van der Waals surface area contributed by atoms with Crippen molar-refractivity contribution in [1.82, 2.24) is 9.21 Å². The second kappa shape index (κ2) is 13.6. The highest BCUT2D eigenvalue weighted by Crippen LogP contribution is 2.53. The van der Waals surface area contributed by atoms with Gasteiger partial charge in [-0.25, -0.2) is 9.59 Å². The normalized spacial score (nSPS) is 20.5. The number of hydrogen-bond acceptors (Lipinski definition) is 10. The Balaban J connectivity index is 2.11. The highest BCUT2D eigenvalue weighted by atomic mass is 35.6. The summed E-state index contributed by atoms with van der Waals surface area (Å²) in [5, 5.41) is -1.21. The number of benzene rings is 1. The second-order valence-electron chi connectivity index (χ2n) is 8.44. The Morgan fingerprint density at radius 3 is 2.12 bits per heavy atom. The Morgan fingerprint density at radius 2 is 1.59 bits per heavy atom. The van der Waals surface area contributed by atoms with E-state index in [0.717, 1.165) is 46.8 Å². The number of nitrogens with zero attached hydrogens (tertiary/aromatic N) is 2. The molecule has 2 atom stereocenters. The van der Waals surface area contributed by atoms with Crippen LogP contribution in [0.15, 0.2) is 46.5 Å². The number of thioether (sulfide) groups is 1. The van der Waals surface area contributed by atoms with Crippen molar-refractivity contribution in [1.29, 1.82) is 0 Å². The maximum atomic E-state index is 14.1. The lowest BCUT2D eigenvalue weighted by atomic mass is 9.85. The van der Waals surface area contributed by atoms with Crippen molar-refractivity contribution in [3.05, 3.63) is 41.6 Å². The van der Waals surface area contributed by atoms with Gasteiger partial charge in [-0.3, -0.25) is 23.6 Å². The largest absolute Gasteiger partial charge is 0.461 e. The quantitative estimate of drug-likeness (QED) is 0.0873. The number of halogens is 6. The van der Waals surface area contributed by atoms with Crippen LogP contribution in [0.3, 0.4) is 0 Å². The fraction of sp³-hybridized carbons (Fsp3) is 0.435. The molecule has 1 saturated heterocycles. The maximum Gasteiger partial charge on any atom is 0.355 e. The number of hydrogen-bond donors (Lipinski definition) is 0. The average molecular weight is 729 g/mol. The standard InChI is InChI=1S/C23H20Cl6N2O8S2/c1-12(32)31(41-15-6-4-3-5-7-15)23(20(36)39-11-22(27,28)29)18(35)30-16(17(34)38-10-21(24,25)26)14(8-37-13(2)33)9-40-19(23)30/h3-7,19H,8-11H2,1-2H3/t19-,23+/m1/s1. The van der Waals surface area contributed by atoms with E-state index in [9.17, 15) is 24.0 Å². The van der Waals surface area contributed by atoms with Gasteiger partial charge in [-0.05, 0) is 24.1 Å². The molecular formula is C23H20Cl6N2O8S2. The third-order valence-electron chi connectivity index (χ3n) is 5.36. The van der Waals surface area contributed by atoms with Gasteiger partial charge in [-0.2, -0.15) is 0 Å². The molecule has 0 aliphatic carbocycles. The molecule has 2 amide bonds. The Morgan fingerprint density at radius 1 is 1.00 bits per heavy atom. The van der Waals surface area contributed by atoms with E-state index in [4.69, 9.17) is 83.8 Å². The number of fused-ring (bicyclic) bond motifs is 1. The van der Waals surface area contributed by atoms with Crippen LogP contribution in [-0.4, -0.2) is 83.0 Å². The van der Waals surface area contributed by atoms with E-state index in [1.165, 1.54) is 0 Å². The third-order valence-corrected chi connectivity index (χ3v) is 8.61. The highest BCUT2D eigenvalue weighted by molar-refractivity contribution is 8.00. The summed E-state index contributed by atoms with van der Waals surface area (Å²) in [6, 6.07) is 8.45. The highest BCUT2D eigenvalue weighted by Gasteiger charge is 2.74. The SMILES string of the molecule is CC(=O)OCC1=C(C(=O)OCC(Cl)(Cl)Cl)N2C(=O)[C@](C(=O)OCC(Cl)(Cl)Cl)(N(Sc3ccccc3)C(C)=O)[C@H]2SC1. The van der Waals surface area contributed by atoms with E-state index in [-0.39, 0.29) is 23.6 Å². The van der Waals surface area contributed by atoms with Gasteiger partial charge >= 0.3 is 17.9 Å². The number of rotatable bonds is 9. The molecule has 0 radical (unpaired) electrons. The number of carbonyl (C=O) groups is 5. The van der Waals surface area contributed by atoms with Crippen molar-refractivity contribution in [2.45, 2.75) is 37.2 Å². The first-order valence-electron chi connectivity index (χ1n) is 11.3. The van der Waals surface area contributed by atoms with Crippen LogP contribution in [0.25, 0.3) is 0 Å². The number of carbonyl (C=O) groups excluding carboxylic acids is 5. The van der Waals surface area contributed by atoms with Crippen LogP contribution in [-0.2, 0) is 38.2 Å². The van der Waals surface area contributed by atoms with Gasteiger partial charge in [0.05, 0.1) is 0 Å². The first-order valence-corrected chi connectivity index (χ1v) is 15.4. The van der Waals surface area contributed by atoms with Gasteiger partial charge in [0.15, 0.2) is 0 Å². The van der Waals surface area contributed by atoms with E-state index in [1.54, 1.807) is 30.3 Å². The summed E-state index contributed by atoms with van der Waals surface area (Å²) in [6.45, 7) is 0.515. The Hall–Kier alpha value is -1.25. The van der Waals surface area contributed by atoms with Crippen LogP contribution < -0.4 is 0 Å². The first kappa shape index (κ1) is 34.2. The summed E-state index contributed by atoms with van der Waals surface area (Å²) in [5.41, 5.74) is -2.47. The molecule has 2 aliphatic heterocycles. The minimum atomic E-state index is -2.30. The fourth-order valence-electron chi connectivity index (χ4n) is 3.79. The van der Waals surface area contributed by atoms with Crippen molar-refractivity contribution in [2.75, 3.05) is 25.6 Å². The average Bonchev–Trinajstić information content (AvgIpc) is 2.88. The minimum absolute atomic E-state index is 0.0266. The molecule has 10 nitrogen and oxygen atoms in total. The van der Waals surface area contributed by atoms with E-state index < -0.39 is 61.4 Å². The number of amides is 2. The van der Waals surface area contributed by atoms with E-state index in [1.807, 2.05) is 0 Å². The predicted octanol–water partition coefficient (Wildman–Crippen LogP) is 4.84. The van der Waals surface area contributed by atoms with Gasteiger partial charge in [0.2, 0.25) is 13.5 Å². The maximum absolute atomic E-state index is 14.1. The van der Waals surface area contributed by atoms with Crippen molar-refractivity contribution >= 4 is 123 Å². The Kier molecular flexibility index (Phi) is 11.3. The number of alkyl halides is 6. The van der Waals surface area contributed by atoms with Crippen LogP contribution in [0, 0.1) is 0 Å². The summed E-state index contributed by atoms with van der Waals surface area (Å²) in [5.74, 6) is -4.68. The minimum Gasteiger partial charge on any atom is -0.461 e. The molecular weight excluding hydrogens is 709 g/mol. The lowest BCUT2D eigenvalue weighted by Gasteiger charge is -2.58. The molecule has 2 aliphatic rings. The topological polar surface area (TPSA) is 120 Å². The van der Waals surface area contributed by atoms with Crippen LogP contribution in [0.2, 0.25) is 0 Å².